The summed E-state index contributed by atoms with van der Waals surface area (Å²) in [5, 5.41) is 0.678. The highest BCUT2D eigenvalue weighted by Crippen LogP contribution is 2.35. The van der Waals surface area contributed by atoms with Gasteiger partial charge in [0.1, 0.15) is 6.54 Å². The molecule has 0 unspecified atom stereocenters. The summed E-state index contributed by atoms with van der Waals surface area (Å²) in [7, 11) is 0. The zero-order valence-electron chi connectivity index (χ0n) is 17.5. The van der Waals surface area contributed by atoms with Crippen molar-refractivity contribution in [2.45, 2.75) is 20.4 Å². The predicted octanol–water partition coefficient (Wildman–Crippen LogP) is 3.95. The van der Waals surface area contributed by atoms with Crippen molar-refractivity contribution < 1.29 is 19.1 Å². The van der Waals surface area contributed by atoms with Gasteiger partial charge in [0.05, 0.1) is 18.1 Å². The van der Waals surface area contributed by atoms with E-state index in [0.717, 1.165) is 32.7 Å². The fourth-order valence-electron chi connectivity index (χ4n) is 3.76. The molecule has 2 fully saturated rings. The zero-order valence-corrected chi connectivity index (χ0v) is 19.9. The van der Waals surface area contributed by atoms with Crippen molar-refractivity contribution in [1.29, 1.82) is 0 Å². The van der Waals surface area contributed by atoms with Crippen molar-refractivity contribution in [1.82, 2.24) is 14.4 Å². The number of carbonyl (C=O) groups is 3. The van der Waals surface area contributed by atoms with E-state index in [-0.39, 0.29) is 29.5 Å². The maximum absolute atomic E-state index is 12.8. The molecule has 164 valence electrons. The van der Waals surface area contributed by atoms with Gasteiger partial charge >= 0.3 is 0 Å². The lowest BCUT2D eigenvalue weighted by molar-refractivity contribution is -0.135. The number of hydrogen-bond donors (Lipinski definition) is 0. The smallest absolute Gasteiger partial charge is 0.293 e. The molecule has 3 amide bonds. The van der Waals surface area contributed by atoms with Crippen LogP contribution in [-0.2, 0) is 20.9 Å². The molecule has 2 aliphatic heterocycles. The molecule has 0 saturated carbocycles. The highest BCUT2D eigenvalue weighted by atomic mass is 79.9. The fraction of sp³-hybridized carbons (Fsp3) is 0.409. The summed E-state index contributed by atoms with van der Waals surface area (Å²) < 4.78 is 8.14. The van der Waals surface area contributed by atoms with Crippen molar-refractivity contribution in [2.75, 3.05) is 32.8 Å². The molecular formula is C22H24BrN3O4S. The minimum absolute atomic E-state index is 0.0342. The summed E-state index contributed by atoms with van der Waals surface area (Å²) in [6.45, 7) is 6.88. The van der Waals surface area contributed by atoms with Crippen LogP contribution in [0.15, 0.2) is 33.8 Å². The zero-order chi connectivity index (χ0) is 22.1. The Labute approximate surface area is 193 Å². The number of nitrogens with zero attached hydrogens (tertiary/aromatic N) is 3. The van der Waals surface area contributed by atoms with Crippen LogP contribution in [0.2, 0.25) is 0 Å². The van der Waals surface area contributed by atoms with E-state index in [2.05, 4.69) is 15.9 Å². The van der Waals surface area contributed by atoms with Crippen LogP contribution < -0.4 is 0 Å². The Kier molecular flexibility index (Phi) is 6.55. The summed E-state index contributed by atoms with van der Waals surface area (Å²) in [5.41, 5.74) is 1.71. The van der Waals surface area contributed by atoms with Gasteiger partial charge in [0.25, 0.3) is 11.1 Å². The largest absolute Gasteiger partial charge is 0.378 e. The highest BCUT2D eigenvalue weighted by molar-refractivity contribution is 9.10. The second kappa shape index (κ2) is 9.18. The molecule has 0 radical (unpaired) electrons. The lowest BCUT2D eigenvalue weighted by Gasteiger charge is -2.27. The Morgan fingerprint density at radius 2 is 2.00 bits per heavy atom. The molecule has 0 N–H and O–H groups in total. The average molecular weight is 506 g/mol. The number of halogens is 1. The van der Waals surface area contributed by atoms with Gasteiger partial charge in [0.15, 0.2) is 0 Å². The van der Waals surface area contributed by atoms with Crippen molar-refractivity contribution in [3.63, 3.8) is 0 Å². The fourth-order valence-corrected chi connectivity index (χ4v) is 4.97. The maximum Gasteiger partial charge on any atom is 0.293 e. The van der Waals surface area contributed by atoms with E-state index in [4.69, 9.17) is 4.74 Å². The molecule has 2 saturated heterocycles. The Morgan fingerprint density at radius 1 is 1.26 bits per heavy atom. The van der Waals surface area contributed by atoms with E-state index >= 15 is 0 Å². The van der Waals surface area contributed by atoms with E-state index in [9.17, 15) is 14.4 Å². The first-order valence-electron chi connectivity index (χ1n) is 10.2. The van der Waals surface area contributed by atoms with Crippen LogP contribution in [-0.4, -0.2) is 64.3 Å². The van der Waals surface area contributed by atoms with Crippen LogP contribution in [0.3, 0.4) is 0 Å². The van der Waals surface area contributed by atoms with Crippen LogP contribution in [0.25, 0.3) is 17.0 Å². The van der Waals surface area contributed by atoms with E-state index in [1.807, 2.05) is 47.7 Å². The number of hydrogen-bond acceptors (Lipinski definition) is 5. The molecule has 0 spiro atoms. The van der Waals surface area contributed by atoms with Crippen LogP contribution in [0.1, 0.15) is 19.4 Å². The van der Waals surface area contributed by atoms with Crippen LogP contribution in [0.4, 0.5) is 4.79 Å². The van der Waals surface area contributed by atoms with Crippen molar-refractivity contribution in [3.8, 4) is 0 Å². The molecule has 31 heavy (non-hydrogen) atoms. The second-order valence-corrected chi connectivity index (χ2v) is 9.96. The molecule has 0 atom stereocenters. The van der Waals surface area contributed by atoms with Gasteiger partial charge in [0.2, 0.25) is 5.91 Å². The third-order valence-electron chi connectivity index (χ3n) is 5.25. The Morgan fingerprint density at radius 3 is 2.71 bits per heavy atom. The number of imide groups is 1. The molecule has 7 nitrogen and oxygen atoms in total. The molecule has 2 aliphatic rings. The van der Waals surface area contributed by atoms with E-state index in [1.54, 1.807) is 6.08 Å². The minimum Gasteiger partial charge on any atom is -0.378 e. The second-order valence-electron chi connectivity index (χ2n) is 8.05. The first-order valence-corrected chi connectivity index (χ1v) is 11.8. The summed E-state index contributed by atoms with van der Waals surface area (Å²) in [5.74, 6) is -0.0205. The number of morpholine rings is 1. The van der Waals surface area contributed by atoms with Crippen LogP contribution >= 0.6 is 27.7 Å². The van der Waals surface area contributed by atoms with Crippen molar-refractivity contribution in [2.24, 2.45) is 5.92 Å². The average Bonchev–Trinajstić information content (AvgIpc) is 3.20. The standard InChI is InChI=1S/C22H24BrN3O4S/c1-14(2)11-26-21(28)19(31-22(26)29)9-15-12-25(18-4-3-16(23)10-17(15)18)13-20(27)24-5-7-30-8-6-24/h3-4,9-10,12,14H,5-8,11,13H2,1-2H3/b19-9-. The molecular weight excluding hydrogens is 482 g/mol. The van der Waals surface area contributed by atoms with Crippen LogP contribution in [0, 0.1) is 5.92 Å². The maximum atomic E-state index is 12.8. The van der Waals surface area contributed by atoms with Gasteiger partial charge in [-0.05, 0) is 42.0 Å². The first-order chi connectivity index (χ1) is 14.8. The highest BCUT2D eigenvalue weighted by Gasteiger charge is 2.35. The summed E-state index contributed by atoms with van der Waals surface area (Å²) in [4.78, 5) is 41.4. The molecule has 4 rings (SSSR count). The number of thioether (sulfide) groups is 1. The summed E-state index contributed by atoms with van der Waals surface area (Å²) in [6, 6.07) is 5.85. The van der Waals surface area contributed by atoms with Crippen LogP contribution in [0.5, 0.6) is 0 Å². The monoisotopic (exact) mass is 505 g/mol. The van der Waals surface area contributed by atoms with Gasteiger partial charge in [-0.25, -0.2) is 0 Å². The molecule has 1 aromatic carbocycles. The summed E-state index contributed by atoms with van der Waals surface area (Å²) in [6.07, 6.45) is 3.64. The number of rotatable bonds is 5. The lowest BCUT2D eigenvalue weighted by Crippen LogP contribution is -2.42. The molecule has 2 aromatic rings. The van der Waals surface area contributed by atoms with Gasteiger partial charge in [-0.2, -0.15) is 0 Å². The van der Waals surface area contributed by atoms with Gasteiger partial charge in [-0.3, -0.25) is 19.3 Å². The first kappa shape index (κ1) is 22.1. The molecule has 1 aromatic heterocycles. The van der Waals surface area contributed by atoms with Gasteiger partial charge < -0.3 is 14.2 Å². The van der Waals surface area contributed by atoms with E-state index < -0.39 is 0 Å². The molecule has 9 heteroatoms. The predicted molar refractivity (Wildman–Crippen MR) is 125 cm³/mol. The Bertz CT molecular complexity index is 1070. The number of ether oxygens (including phenoxy) is 1. The SMILES string of the molecule is CC(C)CN1C(=O)S/C(=C\c2cn(CC(=O)N3CCOCC3)c3ccc(Br)cc23)C1=O. The number of aromatic nitrogens is 1. The Balaban J connectivity index is 1.66. The number of benzene rings is 1. The topological polar surface area (TPSA) is 71.8 Å². The van der Waals surface area contributed by atoms with Gasteiger partial charge in [-0.1, -0.05) is 29.8 Å². The van der Waals surface area contributed by atoms with Crippen molar-refractivity contribution >= 4 is 61.7 Å². The number of amides is 3. The third-order valence-corrected chi connectivity index (χ3v) is 6.65. The molecule has 3 heterocycles. The van der Waals surface area contributed by atoms with Crippen molar-refractivity contribution in [3.05, 3.63) is 39.3 Å². The van der Waals surface area contributed by atoms with E-state index in [1.165, 1.54) is 4.90 Å². The Hall–Kier alpha value is -2.10. The minimum atomic E-state index is -0.260. The normalized spacial score (nSPS) is 18.8. The number of carbonyl (C=O) groups excluding carboxylic acids is 3. The third kappa shape index (κ3) is 4.73. The summed E-state index contributed by atoms with van der Waals surface area (Å²) >= 11 is 4.47. The number of fused-ring (bicyclic) bond motifs is 1. The molecule has 0 aliphatic carbocycles. The van der Waals surface area contributed by atoms with E-state index in [0.29, 0.717) is 37.8 Å². The van der Waals surface area contributed by atoms with Gasteiger partial charge in [-0.15, -0.1) is 0 Å². The quantitative estimate of drug-likeness (QED) is 0.575. The molecule has 0 bridgehead atoms. The lowest BCUT2D eigenvalue weighted by atomic mass is 10.1. The van der Waals surface area contributed by atoms with Gasteiger partial charge in [0, 0.05) is 46.8 Å².